The summed E-state index contributed by atoms with van der Waals surface area (Å²) >= 11 is 0. The number of nitrogens with zero attached hydrogens (tertiary/aromatic N) is 2. The summed E-state index contributed by atoms with van der Waals surface area (Å²) in [4.78, 5) is 4.17. The molecule has 0 aliphatic carbocycles. The van der Waals surface area contributed by atoms with E-state index in [1.807, 2.05) is 36.0 Å². The van der Waals surface area contributed by atoms with Gasteiger partial charge in [0.1, 0.15) is 11.9 Å². The van der Waals surface area contributed by atoms with Gasteiger partial charge in [-0.05, 0) is 5.56 Å². The third-order valence-corrected chi connectivity index (χ3v) is 3.04. The maximum atomic E-state index is 10.3. The minimum Gasteiger partial charge on any atom is -0.493 e. The minimum atomic E-state index is -0.718. The summed E-state index contributed by atoms with van der Waals surface area (Å²) in [5.41, 5.74) is 2.62. The predicted molar refractivity (Wildman–Crippen MR) is 62.9 cm³/mol. The van der Waals surface area contributed by atoms with Crippen molar-refractivity contribution in [3.8, 4) is 5.75 Å². The summed E-state index contributed by atoms with van der Waals surface area (Å²) < 4.78 is 7.41. The number of hydrogen-bond acceptors (Lipinski definition) is 3. The fraction of sp³-hybridized carbons (Fsp3) is 0.308. The van der Waals surface area contributed by atoms with Gasteiger partial charge in [0.15, 0.2) is 0 Å². The third kappa shape index (κ3) is 1.70. The lowest BCUT2D eigenvalue weighted by atomic mass is 10.0. The first kappa shape index (κ1) is 10.4. The zero-order valence-electron chi connectivity index (χ0n) is 9.63. The number of para-hydroxylation sites is 1. The van der Waals surface area contributed by atoms with Gasteiger partial charge < -0.3 is 14.4 Å². The smallest absolute Gasteiger partial charge is 0.128 e. The van der Waals surface area contributed by atoms with Gasteiger partial charge in [-0.3, -0.25) is 0 Å². The van der Waals surface area contributed by atoms with Crippen molar-refractivity contribution < 1.29 is 9.84 Å². The standard InChI is InChI=1S/C13H14N2O2/c1-15-7-11(14-8-15)12(16)10-4-2-3-9-5-6-17-13(9)10/h2-4,7-8,12,16H,5-6H2,1H3. The summed E-state index contributed by atoms with van der Waals surface area (Å²) in [6, 6.07) is 5.88. The molecule has 0 amide bonds. The van der Waals surface area contributed by atoms with Crippen LogP contribution in [0, 0.1) is 0 Å². The molecule has 1 aliphatic heterocycles. The van der Waals surface area contributed by atoms with Crippen LogP contribution in [0.15, 0.2) is 30.7 Å². The van der Waals surface area contributed by atoms with Crippen LogP contribution in [0.3, 0.4) is 0 Å². The lowest BCUT2D eigenvalue weighted by molar-refractivity contribution is 0.209. The molecule has 0 radical (unpaired) electrons. The van der Waals surface area contributed by atoms with Gasteiger partial charge in [-0.2, -0.15) is 0 Å². The number of imidazole rings is 1. The van der Waals surface area contributed by atoms with Gasteiger partial charge in [-0.15, -0.1) is 0 Å². The van der Waals surface area contributed by atoms with E-state index < -0.39 is 6.10 Å². The van der Waals surface area contributed by atoms with E-state index in [1.54, 1.807) is 6.33 Å². The highest BCUT2D eigenvalue weighted by atomic mass is 16.5. The summed E-state index contributed by atoms with van der Waals surface area (Å²) in [7, 11) is 1.88. The van der Waals surface area contributed by atoms with Crippen molar-refractivity contribution in [2.24, 2.45) is 7.05 Å². The number of rotatable bonds is 2. The van der Waals surface area contributed by atoms with Crippen LogP contribution in [0.25, 0.3) is 0 Å². The molecule has 4 heteroatoms. The van der Waals surface area contributed by atoms with Crippen molar-refractivity contribution in [2.45, 2.75) is 12.5 Å². The lowest BCUT2D eigenvalue weighted by Gasteiger charge is -2.12. The molecule has 0 saturated heterocycles. The molecule has 1 aromatic carbocycles. The molecule has 1 aromatic heterocycles. The fourth-order valence-electron chi connectivity index (χ4n) is 2.19. The Morgan fingerprint density at radius 1 is 1.47 bits per heavy atom. The van der Waals surface area contributed by atoms with Crippen LogP contribution in [0.5, 0.6) is 5.75 Å². The number of hydrogen-bond donors (Lipinski definition) is 1. The van der Waals surface area contributed by atoms with E-state index in [4.69, 9.17) is 4.74 Å². The molecular weight excluding hydrogens is 216 g/mol. The molecule has 0 fully saturated rings. The molecular formula is C13H14N2O2. The Kier molecular flexibility index (Phi) is 2.37. The fourth-order valence-corrected chi connectivity index (χ4v) is 2.19. The Balaban J connectivity index is 2.02. The quantitative estimate of drug-likeness (QED) is 0.849. The molecule has 88 valence electrons. The van der Waals surface area contributed by atoms with Gasteiger partial charge in [-0.25, -0.2) is 4.98 Å². The van der Waals surface area contributed by atoms with Crippen LogP contribution in [0.4, 0.5) is 0 Å². The Labute approximate surface area is 99.5 Å². The van der Waals surface area contributed by atoms with Crippen LogP contribution in [-0.4, -0.2) is 21.3 Å². The third-order valence-electron chi connectivity index (χ3n) is 3.04. The number of aromatic nitrogens is 2. The number of ether oxygens (including phenoxy) is 1. The summed E-state index contributed by atoms with van der Waals surface area (Å²) in [6.45, 7) is 0.696. The SMILES string of the molecule is Cn1cnc(C(O)c2cccc3c2OCC3)c1. The first-order valence-electron chi connectivity index (χ1n) is 5.66. The predicted octanol–water partition coefficient (Wildman–Crippen LogP) is 1.44. The van der Waals surface area contributed by atoms with Crippen LogP contribution in [-0.2, 0) is 13.5 Å². The molecule has 3 rings (SSSR count). The maximum absolute atomic E-state index is 10.3. The largest absolute Gasteiger partial charge is 0.493 e. The average Bonchev–Trinajstić information content (AvgIpc) is 2.95. The monoisotopic (exact) mass is 230 g/mol. The Morgan fingerprint density at radius 3 is 3.12 bits per heavy atom. The van der Waals surface area contributed by atoms with Crippen molar-refractivity contribution in [1.29, 1.82) is 0 Å². The van der Waals surface area contributed by atoms with E-state index in [1.165, 1.54) is 0 Å². The van der Waals surface area contributed by atoms with Crippen molar-refractivity contribution in [1.82, 2.24) is 9.55 Å². The van der Waals surface area contributed by atoms with Crippen molar-refractivity contribution >= 4 is 0 Å². The minimum absolute atomic E-state index is 0.649. The summed E-state index contributed by atoms with van der Waals surface area (Å²) in [5, 5.41) is 10.3. The summed E-state index contributed by atoms with van der Waals surface area (Å²) in [5.74, 6) is 0.825. The highest BCUT2D eigenvalue weighted by Crippen LogP contribution is 2.35. The van der Waals surface area contributed by atoms with E-state index in [2.05, 4.69) is 4.98 Å². The first-order valence-corrected chi connectivity index (χ1v) is 5.66. The molecule has 1 atom stereocenters. The topological polar surface area (TPSA) is 47.3 Å². The van der Waals surface area contributed by atoms with Gasteiger partial charge in [0.2, 0.25) is 0 Å². The average molecular weight is 230 g/mol. The molecule has 2 heterocycles. The van der Waals surface area contributed by atoms with Gasteiger partial charge in [0.05, 0.1) is 18.6 Å². The number of benzene rings is 1. The number of aryl methyl sites for hydroxylation is 1. The number of fused-ring (bicyclic) bond motifs is 1. The lowest BCUT2D eigenvalue weighted by Crippen LogP contribution is -2.02. The second-order valence-electron chi connectivity index (χ2n) is 4.30. The van der Waals surface area contributed by atoms with Crippen LogP contribution in [0.1, 0.15) is 22.9 Å². The zero-order valence-corrected chi connectivity index (χ0v) is 9.63. The summed E-state index contributed by atoms with van der Waals surface area (Å²) in [6.07, 6.45) is 3.70. The molecule has 1 aliphatic rings. The van der Waals surface area contributed by atoms with Crippen LogP contribution < -0.4 is 4.74 Å². The van der Waals surface area contributed by atoms with Crippen molar-refractivity contribution in [2.75, 3.05) is 6.61 Å². The molecule has 0 bridgehead atoms. The van der Waals surface area contributed by atoms with Gasteiger partial charge in [0.25, 0.3) is 0 Å². The highest BCUT2D eigenvalue weighted by molar-refractivity contribution is 5.46. The molecule has 17 heavy (non-hydrogen) atoms. The molecule has 1 N–H and O–H groups in total. The normalized spacial score (nSPS) is 15.4. The Morgan fingerprint density at radius 2 is 2.35 bits per heavy atom. The molecule has 4 nitrogen and oxygen atoms in total. The van der Waals surface area contributed by atoms with E-state index in [-0.39, 0.29) is 0 Å². The first-order chi connectivity index (χ1) is 8.25. The van der Waals surface area contributed by atoms with E-state index in [9.17, 15) is 5.11 Å². The number of aliphatic hydroxyl groups excluding tert-OH is 1. The van der Waals surface area contributed by atoms with Gasteiger partial charge in [0, 0.05) is 25.2 Å². The van der Waals surface area contributed by atoms with Gasteiger partial charge >= 0.3 is 0 Å². The van der Waals surface area contributed by atoms with Crippen LogP contribution in [0.2, 0.25) is 0 Å². The molecule has 0 spiro atoms. The molecule has 2 aromatic rings. The van der Waals surface area contributed by atoms with E-state index in [0.29, 0.717) is 12.3 Å². The molecule has 1 unspecified atom stereocenters. The highest BCUT2D eigenvalue weighted by Gasteiger charge is 2.22. The molecule has 0 saturated carbocycles. The van der Waals surface area contributed by atoms with E-state index in [0.717, 1.165) is 23.3 Å². The number of aliphatic hydroxyl groups is 1. The maximum Gasteiger partial charge on any atom is 0.128 e. The van der Waals surface area contributed by atoms with E-state index >= 15 is 0 Å². The van der Waals surface area contributed by atoms with Crippen molar-refractivity contribution in [3.05, 3.63) is 47.5 Å². The van der Waals surface area contributed by atoms with Crippen LogP contribution >= 0.6 is 0 Å². The Hall–Kier alpha value is -1.81. The Bertz CT molecular complexity index is 548. The zero-order chi connectivity index (χ0) is 11.8. The van der Waals surface area contributed by atoms with Crippen molar-refractivity contribution in [3.63, 3.8) is 0 Å². The second-order valence-corrected chi connectivity index (χ2v) is 4.30. The second kappa shape index (κ2) is 3.89. The van der Waals surface area contributed by atoms with Gasteiger partial charge in [-0.1, -0.05) is 18.2 Å².